The molecule has 4 heteroatoms. The van der Waals surface area contributed by atoms with Gasteiger partial charge in [0.2, 0.25) is 0 Å². The van der Waals surface area contributed by atoms with Crippen LogP contribution in [-0.4, -0.2) is 23.7 Å². The lowest BCUT2D eigenvalue weighted by Crippen LogP contribution is -2.18. The minimum Gasteiger partial charge on any atom is -0.269 e. The summed E-state index contributed by atoms with van der Waals surface area (Å²) in [5.41, 5.74) is 0. The molecule has 0 saturated carbocycles. The SMILES string of the molecule is CCCCCCCC(N=N/C1=N/CCCCCCCC1)C(S)CC. The van der Waals surface area contributed by atoms with Crippen LogP contribution < -0.4 is 0 Å². The zero-order valence-electron chi connectivity index (χ0n) is 16.1. The first-order chi connectivity index (χ1) is 11.8. The van der Waals surface area contributed by atoms with Crippen molar-refractivity contribution in [3.05, 3.63) is 0 Å². The van der Waals surface area contributed by atoms with Crippen molar-refractivity contribution in [1.82, 2.24) is 0 Å². The van der Waals surface area contributed by atoms with Crippen molar-refractivity contribution in [1.29, 1.82) is 0 Å². The molecule has 0 spiro atoms. The van der Waals surface area contributed by atoms with E-state index in [1.165, 1.54) is 70.6 Å². The maximum absolute atomic E-state index is 4.74. The highest BCUT2D eigenvalue weighted by atomic mass is 32.1. The third kappa shape index (κ3) is 10.5. The number of unbranched alkanes of at least 4 members (excludes halogenated alkanes) is 4. The van der Waals surface area contributed by atoms with Crippen LogP contribution in [0.5, 0.6) is 0 Å². The zero-order chi connectivity index (χ0) is 17.5. The molecule has 1 aliphatic rings. The highest BCUT2D eigenvalue weighted by Crippen LogP contribution is 2.19. The molecule has 0 aromatic heterocycles. The lowest BCUT2D eigenvalue weighted by Gasteiger charge is -2.17. The van der Waals surface area contributed by atoms with E-state index in [1.54, 1.807) is 0 Å². The smallest absolute Gasteiger partial charge is 0.145 e. The third-order valence-electron chi connectivity index (χ3n) is 4.89. The monoisotopic (exact) mass is 353 g/mol. The van der Waals surface area contributed by atoms with Crippen LogP contribution in [0.2, 0.25) is 0 Å². The topological polar surface area (TPSA) is 37.1 Å². The van der Waals surface area contributed by atoms with E-state index >= 15 is 0 Å². The van der Waals surface area contributed by atoms with Crippen LogP contribution >= 0.6 is 12.6 Å². The molecular formula is C20H39N3S. The Morgan fingerprint density at radius 1 is 0.958 bits per heavy atom. The fourth-order valence-electron chi connectivity index (χ4n) is 3.17. The molecule has 1 heterocycles. The van der Waals surface area contributed by atoms with E-state index in [1.807, 2.05) is 0 Å². The normalized spacial score (nSPS) is 22.0. The van der Waals surface area contributed by atoms with Crippen molar-refractivity contribution < 1.29 is 0 Å². The first-order valence-corrected chi connectivity index (χ1v) is 10.9. The van der Waals surface area contributed by atoms with Gasteiger partial charge >= 0.3 is 0 Å². The number of azo groups is 1. The summed E-state index contributed by atoms with van der Waals surface area (Å²) < 4.78 is 0. The van der Waals surface area contributed by atoms with Gasteiger partial charge in [-0.15, -0.1) is 5.11 Å². The second kappa shape index (κ2) is 14.9. The Morgan fingerprint density at radius 2 is 1.67 bits per heavy atom. The summed E-state index contributed by atoms with van der Waals surface area (Å²) in [5.74, 6) is 0.976. The molecule has 0 N–H and O–H groups in total. The summed E-state index contributed by atoms with van der Waals surface area (Å²) in [6, 6.07) is 0.248. The van der Waals surface area contributed by atoms with E-state index in [4.69, 9.17) is 17.6 Å². The first-order valence-electron chi connectivity index (χ1n) is 10.4. The number of thiol groups is 1. The molecule has 0 saturated heterocycles. The average Bonchev–Trinajstić information content (AvgIpc) is 2.61. The van der Waals surface area contributed by atoms with Crippen LogP contribution in [0.25, 0.3) is 0 Å². The summed E-state index contributed by atoms with van der Waals surface area (Å²) in [5, 5.41) is 9.57. The summed E-state index contributed by atoms with van der Waals surface area (Å²) in [6.07, 6.45) is 17.4. The van der Waals surface area contributed by atoms with Gasteiger partial charge in [-0.2, -0.15) is 17.7 Å². The largest absolute Gasteiger partial charge is 0.269 e. The minimum absolute atomic E-state index is 0.248. The van der Waals surface area contributed by atoms with Gasteiger partial charge < -0.3 is 0 Å². The second-order valence-electron chi connectivity index (χ2n) is 7.13. The Morgan fingerprint density at radius 3 is 2.42 bits per heavy atom. The van der Waals surface area contributed by atoms with E-state index in [9.17, 15) is 0 Å². The Kier molecular flexibility index (Phi) is 13.5. The van der Waals surface area contributed by atoms with Gasteiger partial charge in [0.25, 0.3) is 0 Å². The molecule has 0 aromatic rings. The van der Waals surface area contributed by atoms with Gasteiger partial charge in [0.05, 0.1) is 6.04 Å². The first kappa shape index (κ1) is 21.7. The third-order valence-corrected chi connectivity index (χ3v) is 5.60. The van der Waals surface area contributed by atoms with E-state index in [-0.39, 0.29) is 6.04 Å². The van der Waals surface area contributed by atoms with Gasteiger partial charge in [-0.25, -0.2) is 0 Å². The molecule has 0 amide bonds. The molecule has 0 aromatic carbocycles. The molecule has 24 heavy (non-hydrogen) atoms. The summed E-state index contributed by atoms with van der Waals surface area (Å²) in [6.45, 7) is 5.38. The second-order valence-corrected chi connectivity index (χ2v) is 7.79. The fourth-order valence-corrected chi connectivity index (χ4v) is 3.38. The van der Waals surface area contributed by atoms with Crippen molar-refractivity contribution in [3.8, 4) is 0 Å². The van der Waals surface area contributed by atoms with Crippen LogP contribution in [0.3, 0.4) is 0 Å². The Hall–Kier alpha value is -0.380. The van der Waals surface area contributed by atoms with E-state index in [2.05, 4.69) is 24.1 Å². The quantitative estimate of drug-likeness (QED) is 0.263. The van der Waals surface area contributed by atoms with Gasteiger partial charge in [-0.05, 0) is 25.7 Å². The molecule has 1 rings (SSSR count). The zero-order valence-corrected chi connectivity index (χ0v) is 16.9. The Bertz CT molecular complexity index is 355. The number of aliphatic imine (C=N–C) groups is 1. The number of amidine groups is 1. The predicted molar refractivity (Wildman–Crippen MR) is 110 cm³/mol. The maximum Gasteiger partial charge on any atom is 0.145 e. The molecule has 0 fully saturated rings. The molecule has 2 atom stereocenters. The van der Waals surface area contributed by atoms with Gasteiger partial charge in [0.1, 0.15) is 5.84 Å². The van der Waals surface area contributed by atoms with Gasteiger partial charge in [-0.3, -0.25) is 4.99 Å². The van der Waals surface area contributed by atoms with Crippen molar-refractivity contribution >= 4 is 18.5 Å². The van der Waals surface area contributed by atoms with E-state index in [0.29, 0.717) is 5.25 Å². The van der Waals surface area contributed by atoms with E-state index in [0.717, 1.165) is 31.6 Å². The van der Waals surface area contributed by atoms with Crippen LogP contribution in [0, 0.1) is 0 Å². The van der Waals surface area contributed by atoms with Gasteiger partial charge in [-0.1, -0.05) is 71.6 Å². The van der Waals surface area contributed by atoms with Crippen molar-refractivity contribution in [2.75, 3.05) is 6.54 Å². The maximum atomic E-state index is 4.74. The van der Waals surface area contributed by atoms with Gasteiger partial charge in [0.15, 0.2) is 0 Å². The molecular weight excluding hydrogens is 314 g/mol. The van der Waals surface area contributed by atoms with Gasteiger partial charge in [0, 0.05) is 18.2 Å². The minimum atomic E-state index is 0.248. The Labute approximate surface area is 155 Å². The molecule has 2 unspecified atom stereocenters. The van der Waals surface area contributed by atoms with Crippen molar-refractivity contribution in [3.63, 3.8) is 0 Å². The Balaban J connectivity index is 2.51. The van der Waals surface area contributed by atoms with Crippen molar-refractivity contribution in [2.24, 2.45) is 15.2 Å². The lowest BCUT2D eigenvalue weighted by atomic mass is 10.0. The van der Waals surface area contributed by atoms with Crippen LogP contribution in [0.4, 0.5) is 0 Å². The number of nitrogens with zero attached hydrogens (tertiary/aromatic N) is 3. The van der Waals surface area contributed by atoms with Crippen molar-refractivity contribution in [2.45, 2.75) is 115 Å². The molecule has 0 radical (unpaired) electrons. The average molecular weight is 354 g/mol. The highest BCUT2D eigenvalue weighted by molar-refractivity contribution is 7.81. The van der Waals surface area contributed by atoms with Crippen LogP contribution in [0.15, 0.2) is 15.2 Å². The number of hydrogen-bond acceptors (Lipinski definition) is 4. The molecule has 3 nitrogen and oxygen atoms in total. The molecule has 0 bridgehead atoms. The highest BCUT2D eigenvalue weighted by Gasteiger charge is 2.16. The lowest BCUT2D eigenvalue weighted by molar-refractivity contribution is 0.510. The molecule has 0 aliphatic carbocycles. The standard InChI is InChI=1S/C20H39N3S/c1-3-5-6-9-12-15-18(19(24)4-2)22-23-20-16-13-10-7-8-11-14-17-21-20/h18-19,24H,3-17H2,1-2H3/b21-20+,23-22?. The summed E-state index contributed by atoms with van der Waals surface area (Å²) in [4.78, 5) is 4.69. The van der Waals surface area contributed by atoms with Crippen LogP contribution in [0.1, 0.15) is 104 Å². The number of hydrogen-bond donors (Lipinski definition) is 1. The summed E-state index contributed by atoms with van der Waals surface area (Å²) in [7, 11) is 0. The molecule has 140 valence electrons. The fraction of sp³-hybridized carbons (Fsp3) is 0.950. The number of rotatable bonds is 9. The predicted octanol–water partition coefficient (Wildman–Crippen LogP) is 7.02. The van der Waals surface area contributed by atoms with Crippen LogP contribution in [-0.2, 0) is 0 Å². The van der Waals surface area contributed by atoms with E-state index < -0.39 is 0 Å². The molecule has 1 aliphatic heterocycles. The summed E-state index contributed by atoms with van der Waals surface area (Å²) >= 11 is 4.74.